The monoisotopic (exact) mass is 526 g/mol. The molecular weight excluding hydrogens is 484 g/mol. The van der Waals surface area contributed by atoms with Crippen LogP contribution in [0, 0.1) is 17.8 Å². The summed E-state index contributed by atoms with van der Waals surface area (Å²) >= 11 is 0. The van der Waals surface area contributed by atoms with Crippen molar-refractivity contribution in [3.63, 3.8) is 0 Å². The lowest BCUT2D eigenvalue weighted by Crippen LogP contribution is -2.61. The Hall–Kier alpha value is -2.84. The molecule has 3 aliphatic heterocycles. The van der Waals surface area contributed by atoms with E-state index in [1.807, 2.05) is 52.1 Å². The average Bonchev–Trinajstić information content (AvgIpc) is 2.84. The van der Waals surface area contributed by atoms with Crippen LogP contribution in [0.3, 0.4) is 0 Å². The summed E-state index contributed by atoms with van der Waals surface area (Å²) in [5.41, 5.74) is 1.74. The molecule has 8 nitrogen and oxygen atoms in total. The Balaban J connectivity index is 1.71. The van der Waals surface area contributed by atoms with Crippen LogP contribution in [-0.4, -0.2) is 56.3 Å². The summed E-state index contributed by atoms with van der Waals surface area (Å²) in [4.78, 5) is 27.7. The largest absolute Gasteiger partial charge is 0.496 e. The summed E-state index contributed by atoms with van der Waals surface area (Å²) in [5.74, 6) is 0.775. The lowest BCUT2D eigenvalue weighted by Gasteiger charge is -2.50. The molecule has 3 heterocycles. The van der Waals surface area contributed by atoms with Gasteiger partial charge in [-0.1, -0.05) is 37.6 Å². The topological polar surface area (TPSA) is 97.3 Å². The second kappa shape index (κ2) is 10.7. The number of nitrogens with one attached hydrogen (secondary N) is 1. The molecule has 8 heteroatoms. The van der Waals surface area contributed by atoms with E-state index in [9.17, 15) is 14.7 Å². The number of benzene rings is 1. The normalized spacial score (nSPS) is 35.0. The highest BCUT2D eigenvalue weighted by Crippen LogP contribution is 2.47. The molecule has 0 saturated carbocycles. The predicted octanol–water partition coefficient (Wildman–Crippen LogP) is 4.82. The van der Waals surface area contributed by atoms with E-state index < -0.39 is 23.3 Å². The third kappa shape index (κ3) is 6.07. The van der Waals surface area contributed by atoms with Crippen LogP contribution in [0.4, 0.5) is 10.5 Å². The molecule has 208 valence electrons. The van der Waals surface area contributed by atoms with Crippen LogP contribution in [-0.2, 0) is 20.7 Å². The number of ether oxygens (including phenoxy) is 3. The van der Waals surface area contributed by atoms with E-state index in [0.29, 0.717) is 38.9 Å². The maximum absolute atomic E-state index is 13.4. The fourth-order valence-electron chi connectivity index (χ4n) is 6.22. The molecule has 0 spiro atoms. The molecule has 2 N–H and O–H groups in total. The smallest absolute Gasteiger partial charge is 0.409 e. The SMILES string of the molecule is COc1cc2cc(c1C)N(C)C(=O)CC[C@]1(C)COC[C@@](C)(C1)[C@@H]1C[C@](O)(C/C=C/C=C(\C)C2)NC(=O)O1. The molecule has 2 saturated heterocycles. The summed E-state index contributed by atoms with van der Waals surface area (Å²) in [6.07, 6.45) is 7.55. The van der Waals surface area contributed by atoms with Gasteiger partial charge in [0.05, 0.1) is 26.0 Å². The molecule has 0 aliphatic carbocycles. The van der Waals surface area contributed by atoms with Crippen molar-refractivity contribution < 1.29 is 28.9 Å². The third-order valence-corrected chi connectivity index (χ3v) is 8.34. The van der Waals surface area contributed by atoms with E-state index in [1.165, 1.54) is 0 Å². The Morgan fingerprint density at radius 1 is 1.18 bits per heavy atom. The summed E-state index contributed by atoms with van der Waals surface area (Å²) < 4.78 is 17.4. The van der Waals surface area contributed by atoms with Crippen molar-refractivity contribution in [1.82, 2.24) is 5.32 Å². The third-order valence-electron chi connectivity index (χ3n) is 8.34. The Labute approximate surface area is 226 Å². The molecule has 6 bridgehead atoms. The van der Waals surface area contributed by atoms with Crippen molar-refractivity contribution >= 4 is 17.7 Å². The Bertz CT molecular complexity index is 1150. The highest BCUT2D eigenvalue weighted by Gasteiger charge is 2.51. The quantitative estimate of drug-likeness (QED) is 0.545. The van der Waals surface area contributed by atoms with E-state index in [1.54, 1.807) is 12.0 Å². The van der Waals surface area contributed by atoms with Crippen LogP contribution in [0.2, 0.25) is 0 Å². The van der Waals surface area contributed by atoms with E-state index in [0.717, 1.165) is 28.1 Å². The number of amides is 2. The first-order chi connectivity index (χ1) is 17.9. The molecule has 0 radical (unpaired) electrons. The van der Waals surface area contributed by atoms with Gasteiger partial charge in [0.1, 0.15) is 17.6 Å². The first-order valence-electron chi connectivity index (χ1n) is 13.4. The van der Waals surface area contributed by atoms with E-state index in [4.69, 9.17) is 14.2 Å². The average molecular weight is 527 g/mol. The molecule has 1 aromatic carbocycles. The Morgan fingerprint density at radius 2 is 1.95 bits per heavy atom. The van der Waals surface area contributed by atoms with E-state index in [-0.39, 0.29) is 24.2 Å². The van der Waals surface area contributed by atoms with Gasteiger partial charge in [0, 0.05) is 37.3 Å². The van der Waals surface area contributed by atoms with Gasteiger partial charge in [-0.25, -0.2) is 4.79 Å². The fraction of sp³-hybridized carbons (Fsp3) is 0.600. The number of carbonyl (C=O) groups is 2. The molecule has 3 aliphatic rings. The van der Waals surface area contributed by atoms with Gasteiger partial charge >= 0.3 is 6.09 Å². The van der Waals surface area contributed by atoms with Crippen LogP contribution < -0.4 is 15.0 Å². The van der Waals surface area contributed by atoms with Gasteiger partial charge < -0.3 is 24.2 Å². The molecule has 0 aromatic heterocycles. The Morgan fingerprint density at radius 3 is 2.68 bits per heavy atom. The van der Waals surface area contributed by atoms with Crippen LogP contribution in [0.5, 0.6) is 5.75 Å². The summed E-state index contributed by atoms with van der Waals surface area (Å²) in [5, 5.41) is 13.9. The lowest BCUT2D eigenvalue weighted by atomic mass is 9.65. The molecule has 4 rings (SSSR count). The maximum Gasteiger partial charge on any atom is 0.409 e. The predicted molar refractivity (Wildman–Crippen MR) is 146 cm³/mol. The molecular formula is C30H42N2O6. The molecule has 4 atom stereocenters. The molecule has 0 unspecified atom stereocenters. The summed E-state index contributed by atoms with van der Waals surface area (Å²) in [6, 6.07) is 4.08. The standard InChI is InChI=1S/C30H42N2O6/c1-20-9-7-8-11-30(35)16-25(38-27(34)31-30)29(4)17-28(3,18-37-19-29)12-10-26(33)32(5)23-14-22(13-20)15-24(36-6)21(23)2/h7-9,14-15,25,35H,10-13,16-19H2,1-6H3,(H,31,34)/b8-7+,20-9+/t25-,28-,29+,30+/m0/s1. The van der Waals surface area contributed by atoms with Gasteiger partial charge in [0.15, 0.2) is 0 Å². The highest BCUT2D eigenvalue weighted by atomic mass is 16.6. The first-order valence-corrected chi connectivity index (χ1v) is 13.4. The number of carbonyl (C=O) groups excluding carboxylic acids is 2. The highest BCUT2D eigenvalue weighted by molar-refractivity contribution is 5.94. The fourth-order valence-corrected chi connectivity index (χ4v) is 6.22. The number of alkyl carbamates (subject to hydrolysis) is 1. The number of nitrogens with zero attached hydrogens (tertiary/aromatic N) is 1. The minimum atomic E-state index is -1.41. The summed E-state index contributed by atoms with van der Waals surface area (Å²) in [6.45, 7) is 9.14. The first kappa shape index (κ1) is 28.2. The number of anilines is 1. The van der Waals surface area contributed by atoms with Crippen molar-refractivity contribution in [2.24, 2.45) is 10.8 Å². The van der Waals surface area contributed by atoms with Gasteiger partial charge in [0.2, 0.25) is 5.91 Å². The number of methoxy groups -OCH3 is 1. The zero-order chi connectivity index (χ0) is 27.7. The number of aliphatic hydroxyl groups is 1. The van der Waals surface area contributed by atoms with Crippen LogP contribution >= 0.6 is 0 Å². The minimum Gasteiger partial charge on any atom is -0.496 e. The number of hydrogen-bond acceptors (Lipinski definition) is 6. The van der Waals surface area contributed by atoms with Crippen LogP contribution in [0.15, 0.2) is 35.9 Å². The number of rotatable bonds is 1. The molecule has 2 amide bonds. The number of hydrogen-bond donors (Lipinski definition) is 2. The molecule has 1 aromatic rings. The second-order valence-electron chi connectivity index (χ2n) is 12.1. The van der Waals surface area contributed by atoms with Crippen molar-refractivity contribution in [1.29, 1.82) is 0 Å². The van der Waals surface area contributed by atoms with Gasteiger partial charge in [-0.2, -0.15) is 0 Å². The maximum atomic E-state index is 13.4. The van der Waals surface area contributed by atoms with Crippen molar-refractivity contribution in [3.05, 3.63) is 47.1 Å². The number of fused-ring (bicyclic) bond motifs is 7. The van der Waals surface area contributed by atoms with Crippen molar-refractivity contribution in [2.75, 3.05) is 32.3 Å². The number of allylic oxidation sites excluding steroid dienone is 3. The van der Waals surface area contributed by atoms with Crippen molar-refractivity contribution in [2.45, 2.75) is 78.0 Å². The van der Waals surface area contributed by atoms with Gasteiger partial charge in [0.25, 0.3) is 0 Å². The zero-order valence-electron chi connectivity index (χ0n) is 23.6. The van der Waals surface area contributed by atoms with E-state index in [2.05, 4.69) is 18.3 Å². The molecule has 38 heavy (non-hydrogen) atoms. The van der Waals surface area contributed by atoms with Crippen LogP contribution in [0.25, 0.3) is 0 Å². The van der Waals surface area contributed by atoms with Crippen molar-refractivity contribution in [3.8, 4) is 5.75 Å². The van der Waals surface area contributed by atoms with Gasteiger partial charge in [-0.15, -0.1) is 0 Å². The minimum absolute atomic E-state index is 0.0246. The van der Waals surface area contributed by atoms with Crippen LogP contribution in [0.1, 0.15) is 64.0 Å². The second-order valence-corrected chi connectivity index (χ2v) is 12.1. The zero-order valence-corrected chi connectivity index (χ0v) is 23.6. The lowest BCUT2D eigenvalue weighted by molar-refractivity contribution is -0.164. The van der Waals surface area contributed by atoms with E-state index >= 15 is 0 Å². The van der Waals surface area contributed by atoms with Gasteiger partial charge in [-0.3, -0.25) is 10.1 Å². The summed E-state index contributed by atoms with van der Waals surface area (Å²) in [7, 11) is 3.47. The van der Waals surface area contributed by atoms with Gasteiger partial charge in [-0.05, 0) is 56.2 Å². The molecule has 2 fully saturated rings. The Kier molecular flexibility index (Phi) is 7.96.